The second-order valence-corrected chi connectivity index (χ2v) is 6.64. The maximum atomic E-state index is 12.2. The molecule has 0 fully saturated rings. The number of thioether (sulfide) groups is 1. The van der Waals surface area contributed by atoms with Gasteiger partial charge in [-0.05, 0) is 30.5 Å². The van der Waals surface area contributed by atoms with Crippen molar-refractivity contribution in [3.63, 3.8) is 0 Å². The molecule has 2 rings (SSSR count). The topological polar surface area (TPSA) is 20.3 Å². The first-order valence-electron chi connectivity index (χ1n) is 7.48. The Kier molecular flexibility index (Phi) is 6.08. The molecule has 3 heteroatoms. The van der Waals surface area contributed by atoms with Crippen LogP contribution in [0.25, 0.3) is 0 Å². The minimum atomic E-state index is 0.181. The Morgan fingerprint density at radius 1 is 1.09 bits per heavy atom. The van der Waals surface area contributed by atoms with E-state index in [1.807, 2.05) is 24.1 Å². The van der Waals surface area contributed by atoms with E-state index >= 15 is 0 Å². The highest BCUT2D eigenvalue weighted by Gasteiger charge is 2.10. The number of nitrogens with zero attached hydrogens (tertiary/aromatic N) is 1. The predicted octanol–water partition coefficient (Wildman–Crippen LogP) is 4.20. The van der Waals surface area contributed by atoms with Crippen LogP contribution >= 0.6 is 11.8 Å². The van der Waals surface area contributed by atoms with E-state index in [4.69, 9.17) is 0 Å². The second kappa shape index (κ2) is 8.04. The van der Waals surface area contributed by atoms with Crippen molar-refractivity contribution in [3.8, 4) is 0 Å². The van der Waals surface area contributed by atoms with Crippen LogP contribution in [0.15, 0.2) is 48.5 Å². The molecule has 116 valence electrons. The quantitative estimate of drug-likeness (QED) is 0.797. The highest BCUT2D eigenvalue weighted by Crippen LogP contribution is 2.15. The van der Waals surface area contributed by atoms with Gasteiger partial charge in [0.15, 0.2) is 0 Å². The zero-order valence-corrected chi connectivity index (χ0v) is 14.3. The number of carbonyl (C=O) groups is 1. The van der Waals surface area contributed by atoms with Gasteiger partial charge in [-0.15, -0.1) is 11.8 Å². The van der Waals surface area contributed by atoms with Crippen molar-refractivity contribution in [1.29, 1.82) is 0 Å². The number of hydrogen-bond donors (Lipinski definition) is 0. The monoisotopic (exact) mass is 313 g/mol. The summed E-state index contributed by atoms with van der Waals surface area (Å²) in [6.45, 7) is 4.85. The molecule has 0 atom stereocenters. The standard InChI is InChI=1S/C19H23NOS/c1-15-7-6-9-17(11-15)13-22-14-19(21)20(3)12-18-10-5-4-8-16(18)2/h4-11H,12-14H2,1-3H3. The van der Waals surface area contributed by atoms with Gasteiger partial charge >= 0.3 is 0 Å². The highest BCUT2D eigenvalue weighted by molar-refractivity contribution is 7.99. The third kappa shape index (κ3) is 4.92. The molecule has 1 amide bonds. The van der Waals surface area contributed by atoms with E-state index in [9.17, 15) is 4.79 Å². The lowest BCUT2D eigenvalue weighted by molar-refractivity contribution is -0.127. The van der Waals surface area contributed by atoms with Gasteiger partial charge in [-0.1, -0.05) is 54.1 Å². The molecular formula is C19H23NOS. The van der Waals surface area contributed by atoms with Crippen LogP contribution in [0.5, 0.6) is 0 Å². The number of rotatable bonds is 6. The molecule has 0 heterocycles. The van der Waals surface area contributed by atoms with E-state index in [1.165, 1.54) is 22.3 Å². The molecule has 0 aliphatic heterocycles. The van der Waals surface area contributed by atoms with E-state index in [0.717, 1.165) is 5.75 Å². The summed E-state index contributed by atoms with van der Waals surface area (Å²) in [5.74, 6) is 1.59. The third-order valence-electron chi connectivity index (χ3n) is 3.67. The first kappa shape index (κ1) is 16.6. The Morgan fingerprint density at radius 3 is 2.59 bits per heavy atom. The molecule has 0 saturated carbocycles. The zero-order valence-electron chi connectivity index (χ0n) is 13.5. The molecule has 0 bridgehead atoms. The fourth-order valence-electron chi connectivity index (χ4n) is 2.30. The fraction of sp³-hybridized carbons (Fsp3) is 0.316. The number of aryl methyl sites for hydroxylation is 2. The van der Waals surface area contributed by atoms with Crippen LogP contribution in [-0.4, -0.2) is 23.6 Å². The van der Waals surface area contributed by atoms with Crippen molar-refractivity contribution >= 4 is 17.7 Å². The molecule has 0 spiro atoms. The summed E-state index contributed by atoms with van der Waals surface area (Å²) in [7, 11) is 1.88. The third-order valence-corrected chi connectivity index (χ3v) is 4.66. The predicted molar refractivity (Wildman–Crippen MR) is 95.0 cm³/mol. The SMILES string of the molecule is Cc1cccc(CSCC(=O)N(C)Cc2ccccc2C)c1. The second-order valence-electron chi connectivity index (χ2n) is 5.66. The van der Waals surface area contributed by atoms with Crippen LogP contribution in [0.2, 0.25) is 0 Å². The lowest BCUT2D eigenvalue weighted by atomic mass is 10.1. The number of benzene rings is 2. The highest BCUT2D eigenvalue weighted by atomic mass is 32.2. The van der Waals surface area contributed by atoms with E-state index in [1.54, 1.807) is 11.8 Å². The first-order chi connectivity index (χ1) is 10.6. The summed E-state index contributed by atoms with van der Waals surface area (Å²) in [4.78, 5) is 14.0. The Balaban J connectivity index is 1.80. The summed E-state index contributed by atoms with van der Waals surface area (Å²) in [5, 5.41) is 0. The average Bonchev–Trinajstić information content (AvgIpc) is 2.49. The molecule has 22 heavy (non-hydrogen) atoms. The van der Waals surface area contributed by atoms with E-state index in [-0.39, 0.29) is 5.91 Å². The first-order valence-corrected chi connectivity index (χ1v) is 8.63. The van der Waals surface area contributed by atoms with Crippen molar-refractivity contribution in [3.05, 3.63) is 70.8 Å². The Hall–Kier alpha value is -1.74. The molecule has 0 N–H and O–H groups in total. The summed E-state index contributed by atoms with van der Waals surface area (Å²) >= 11 is 1.68. The molecule has 0 saturated heterocycles. The maximum Gasteiger partial charge on any atom is 0.232 e. The van der Waals surface area contributed by atoms with Crippen molar-refractivity contribution in [2.45, 2.75) is 26.1 Å². The van der Waals surface area contributed by atoms with Crippen molar-refractivity contribution in [2.24, 2.45) is 0 Å². The smallest absolute Gasteiger partial charge is 0.232 e. The average molecular weight is 313 g/mol. The normalized spacial score (nSPS) is 10.5. The van der Waals surface area contributed by atoms with Gasteiger partial charge in [-0.25, -0.2) is 0 Å². The van der Waals surface area contributed by atoms with E-state index in [0.29, 0.717) is 12.3 Å². The lowest BCUT2D eigenvalue weighted by Crippen LogP contribution is -2.28. The fourth-order valence-corrected chi connectivity index (χ4v) is 3.21. The van der Waals surface area contributed by atoms with Crippen LogP contribution in [0, 0.1) is 13.8 Å². The summed E-state index contributed by atoms with van der Waals surface area (Å²) < 4.78 is 0. The molecule has 0 unspecified atom stereocenters. The van der Waals surface area contributed by atoms with Gasteiger partial charge < -0.3 is 4.90 Å². The Bertz CT molecular complexity index is 639. The van der Waals surface area contributed by atoms with Gasteiger partial charge in [0.05, 0.1) is 5.75 Å². The van der Waals surface area contributed by atoms with Crippen molar-refractivity contribution in [1.82, 2.24) is 4.90 Å². The van der Waals surface area contributed by atoms with Crippen LogP contribution in [0.4, 0.5) is 0 Å². The summed E-state index contributed by atoms with van der Waals surface area (Å²) in [6.07, 6.45) is 0. The van der Waals surface area contributed by atoms with Crippen LogP contribution < -0.4 is 0 Å². The molecule has 0 aliphatic carbocycles. The number of hydrogen-bond acceptors (Lipinski definition) is 2. The molecule has 0 aliphatic rings. The van der Waals surface area contributed by atoms with Crippen LogP contribution in [0.1, 0.15) is 22.3 Å². The molecule has 2 nitrogen and oxygen atoms in total. The van der Waals surface area contributed by atoms with Crippen molar-refractivity contribution in [2.75, 3.05) is 12.8 Å². The Labute approximate surface area is 137 Å². The number of carbonyl (C=O) groups excluding carboxylic acids is 1. The molecule has 2 aromatic rings. The lowest BCUT2D eigenvalue weighted by Gasteiger charge is -2.18. The van der Waals surface area contributed by atoms with E-state index < -0.39 is 0 Å². The molecular weight excluding hydrogens is 290 g/mol. The molecule has 2 aromatic carbocycles. The van der Waals surface area contributed by atoms with Gasteiger partial charge in [-0.3, -0.25) is 4.79 Å². The van der Waals surface area contributed by atoms with Crippen molar-refractivity contribution < 1.29 is 4.79 Å². The van der Waals surface area contributed by atoms with Crippen LogP contribution in [-0.2, 0) is 17.1 Å². The van der Waals surface area contributed by atoms with Gasteiger partial charge in [0.25, 0.3) is 0 Å². The summed E-state index contributed by atoms with van der Waals surface area (Å²) in [5.41, 5.74) is 4.98. The minimum Gasteiger partial charge on any atom is -0.341 e. The molecule has 0 radical (unpaired) electrons. The van der Waals surface area contributed by atoms with Gasteiger partial charge in [0.2, 0.25) is 5.91 Å². The van der Waals surface area contributed by atoms with Gasteiger partial charge in [-0.2, -0.15) is 0 Å². The van der Waals surface area contributed by atoms with Crippen LogP contribution in [0.3, 0.4) is 0 Å². The van der Waals surface area contributed by atoms with E-state index in [2.05, 4.69) is 50.2 Å². The molecule has 0 aromatic heterocycles. The van der Waals surface area contributed by atoms with Gasteiger partial charge in [0.1, 0.15) is 0 Å². The minimum absolute atomic E-state index is 0.181. The number of amides is 1. The Morgan fingerprint density at radius 2 is 1.86 bits per heavy atom. The van der Waals surface area contributed by atoms with Gasteiger partial charge in [0, 0.05) is 19.3 Å². The zero-order chi connectivity index (χ0) is 15.9. The largest absolute Gasteiger partial charge is 0.341 e. The maximum absolute atomic E-state index is 12.2. The summed E-state index contributed by atoms with van der Waals surface area (Å²) in [6, 6.07) is 16.7.